The number of hydrogen-bond acceptors (Lipinski definition) is 6. The molecule has 0 aliphatic carbocycles. The van der Waals surface area contributed by atoms with Crippen molar-refractivity contribution in [3.05, 3.63) is 70.6 Å². The van der Waals surface area contributed by atoms with E-state index in [1.54, 1.807) is 48.5 Å². The Kier molecular flexibility index (Phi) is 5.83. The van der Waals surface area contributed by atoms with Crippen LogP contribution in [0.15, 0.2) is 53.1 Å². The minimum atomic E-state index is -0.504. The molecule has 0 saturated heterocycles. The number of esters is 1. The maximum Gasteiger partial charge on any atom is 0.306 e. The number of primary amides is 1. The summed E-state index contributed by atoms with van der Waals surface area (Å²) in [5.41, 5.74) is 7.11. The molecule has 8 heteroatoms. The molecule has 1 aromatic heterocycles. The lowest BCUT2D eigenvalue weighted by Crippen LogP contribution is -2.11. The zero-order valence-corrected chi connectivity index (χ0v) is 15.0. The van der Waals surface area contributed by atoms with E-state index in [-0.39, 0.29) is 25.4 Å². The molecular weight excluding hydrogens is 370 g/mol. The van der Waals surface area contributed by atoms with E-state index in [9.17, 15) is 9.59 Å². The number of aromatic nitrogens is 2. The van der Waals surface area contributed by atoms with Gasteiger partial charge in [-0.15, -0.1) is 0 Å². The lowest BCUT2D eigenvalue weighted by atomic mass is 10.1. The highest BCUT2D eigenvalue weighted by Gasteiger charge is 2.12. The van der Waals surface area contributed by atoms with Crippen LogP contribution in [0, 0.1) is 0 Å². The van der Waals surface area contributed by atoms with E-state index in [1.807, 2.05) is 0 Å². The molecule has 1 heterocycles. The first-order valence-corrected chi connectivity index (χ1v) is 8.52. The number of hydrogen-bond donors (Lipinski definition) is 1. The van der Waals surface area contributed by atoms with Gasteiger partial charge in [0.25, 0.3) is 0 Å². The monoisotopic (exact) mass is 385 g/mol. The first-order valence-electron chi connectivity index (χ1n) is 8.14. The van der Waals surface area contributed by atoms with Crippen LogP contribution >= 0.6 is 11.6 Å². The number of aryl methyl sites for hydroxylation is 1. The van der Waals surface area contributed by atoms with Gasteiger partial charge in [0.05, 0.1) is 6.42 Å². The number of amides is 1. The highest BCUT2D eigenvalue weighted by atomic mass is 35.5. The fourth-order valence-electron chi connectivity index (χ4n) is 2.28. The zero-order valence-electron chi connectivity index (χ0n) is 14.2. The largest absolute Gasteiger partial charge is 0.461 e. The van der Waals surface area contributed by atoms with Gasteiger partial charge in [0.2, 0.25) is 17.6 Å². The molecule has 0 spiro atoms. The van der Waals surface area contributed by atoms with Gasteiger partial charge in [0.15, 0.2) is 0 Å². The molecule has 0 bridgehead atoms. The summed E-state index contributed by atoms with van der Waals surface area (Å²) in [6.07, 6.45) is 0.391. The van der Waals surface area contributed by atoms with Crippen LogP contribution in [0.25, 0.3) is 11.4 Å². The average Bonchev–Trinajstić information content (AvgIpc) is 3.14. The molecule has 0 atom stereocenters. The Bertz CT molecular complexity index is 936. The summed E-state index contributed by atoms with van der Waals surface area (Å²) < 4.78 is 10.3. The molecule has 1 amide bonds. The van der Waals surface area contributed by atoms with Crippen LogP contribution in [0.2, 0.25) is 5.02 Å². The standard InChI is InChI=1S/C19H16ClN3O4/c20-15-7-5-14(6-8-15)19-22-16(27-23-19)9-10-17(24)26-11-12-1-3-13(4-2-12)18(21)25/h1-8H,9-11H2,(H2,21,25). The van der Waals surface area contributed by atoms with Crippen molar-refractivity contribution in [3.8, 4) is 11.4 Å². The van der Waals surface area contributed by atoms with Gasteiger partial charge >= 0.3 is 5.97 Å². The van der Waals surface area contributed by atoms with E-state index in [0.29, 0.717) is 22.3 Å². The van der Waals surface area contributed by atoms with Gasteiger partial charge in [-0.1, -0.05) is 28.9 Å². The Morgan fingerprint density at radius 3 is 2.44 bits per heavy atom. The Balaban J connectivity index is 1.48. The minimum absolute atomic E-state index is 0.109. The molecular formula is C19H16ClN3O4. The normalized spacial score (nSPS) is 10.6. The van der Waals surface area contributed by atoms with E-state index in [4.69, 9.17) is 26.6 Å². The van der Waals surface area contributed by atoms with Crippen LogP contribution in [0.1, 0.15) is 28.2 Å². The highest BCUT2D eigenvalue weighted by molar-refractivity contribution is 6.30. The second kappa shape index (κ2) is 8.46. The molecule has 0 radical (unpaired) electrons. The number of benzene rings is 2. The predicted octanol–water partition coefficient (Wildman–Crippen LogP) is 3.16. The van der Waals surface area contributed by atoms with Crippen LogP contribution in [-0.4, -0.2) is 22.0 Å². The minimum Gasteiger partial charge on any atom is -0.461 e. The number of rotatable bonds is 7. The molecule has 2 aromatic carbocycles. The van der Waals surface area contributed by atoms with Crippen molar-refractivity contribution in [2.24, 2.45) is 5.73 Å². The fraction of sp³-hybridized carbons (Fsp3) is 0.158. The first kappa shape index (κ1) is 18.6. The van der Waals surface area contributed by atoms with Crippen molar-refractivity contribution in [2.75, 3.05) is 0 Å². The smallest absolute Gasteiger partial charge is 0.306 e. The second-order valence-electron chi connectivity index (χ2n) is 5.74. The van der Waals surface area contributed by atoms with Gasteiger partial charge in [0.1, 0.15) is 6.61 Å². The van der Waals surface area contributed by atoms with Crippen LogP contribution < -0.4 is 5.73 Å². The molecule has 2 N–H and O–H groups in total. The van der Waals surface area contributed by atoms with Crippen molar-refractivity contribution >= 4 is 23.5 Å². The van der Waals surface area contributed by atoms with Gasteiger partial charge in [-0.25, -0.2) is 0 Å². The van der Waals surface area contributed by atoms with E-state index >= 15 is 0 Å². The molecule has 27 heavy (non-hydrogen) atoms. The molecule has 0 fully saturated rings. The molecule has 0 aliphatic rings. The van der Waals surface area contributed by atoms with Crippen LogP contribution in [-0.2, 0) is 22.6 Å². The predicted molar refractivity (Wildman–Crippen MR) is 97.8 cm³/mol. The number of nitrogens with zero attached hydrogens (tertiary/aromatic N) is 2. The summed E-state index contributed by atoms with van der Waals surface area (Å²) in [4.78, 5) is 27.1. The Morgan fingerprint density at radius 2 is 1.78 bits per heavy atom. The van der Waals surface area contributed by atoms with Crippen LogP contribution in [0.3, 0.4) is 0 Å². The molecule has 138 valence electrons. The van der Waals surface area contributed by atoms with Gasteiger partial charge in [-0.05, 0) is 42.0 Å². The molecule has 7 nitrogen and oxygen atoms in total. The van der Waals surface area contributed by atoms with Crippen molar-refractivity contribution in [2.45, 2.75) is 19.4 Å². The lowest BCUT2D eigenvalue weighted by Gasteiger charge is -2.04. The van der Waals surface area contributed by atoms with Crippen LogP contribution in [0.5, 0.6) is 0 Å². The first-order chi connectivity index (χ1) is 13.0. The van der Waals surface area contributed by atoms with Crippen LogP contribution in [0.4, 0.5) is 0 Å². The highest BCUT2D eigenvalue weighted by Crippen LogP contribution is 2.19. The number of nitrogens with two attached hydrogens (primary N) is 1. The SMILES string of the molecule is NC(=O)c1ccc(COC(=O)CCc2nc(-c3ccc(Cl)cc3)no2)cc1. The number of ether oxygens (including phenoxy) is 1. The zero-order chi connectivity index (χ0) is 19.2. The Labute approximate surface area is 160 Å². The summed E-state index contributed by atoms with van der Waals surface area (Å²) in [6.45, 7) is 0.109. The summed E-state index contributed by atoms with van der Waals surface area (Å²) >= 11 is 5.85. The van der Waals surface area contributed by atoms with Gasteiger partial charge < -0.3 is 15.0 Å². The topological polar surface area (TPSA) is 108 Å². The Hall–Kier alpha value is -3.19. The fourth-order valence-corrected chi connectivity index (χ4v) is 2.41. The van der Waals surface area contributed by atoms with Gasteiger partial charge in [-0.2, -0.15) is 4.98 Å². The molecule has 0 unspecified atom stereocenters. The molecule has 0 aliphatic heterocycles. The third kappa shape index (κ3) is 5.15. The van der Waals surface area contributed by atoms with E-state index in [2.05, 4.69) is 10.1 Å². The maximum atomic E-state index is 11.9. The second-order valence-corrected chi connectivity index (χ2v) is 6.18. The van der Waals surface area contributed by atoms with Crippen molar-refractivity contribution in [1.82, 2.24) is 10.1 Å². The van der Waals surface area contributed by atoms with Crippen molar-refractivity contribution in [3.63, 3.8) is 0 Å². The van der Waals surface area contributed by atoms with Gasteiger partial charge in [0, 0.05) is 22.6 Å². The Morgan fingerprint density at radius 1 is 1.07 bits per heavy atom. The van der Waals surface area contributed by atoms with E-state index in [0.717, 1.165) is 11.1 Å². The van der Waals surface area contributed by atoms with Gasteiger partial charge in [-0.3, -0.25) is 9.59 Å². The van der Waals surface area contributed by atoms with E-state index in [1.165, 1.54) is 0 Å². The number of halogens is 1. The summed E-state index contributed by atoms with van der Waals surface area (Å²) in [5, 5.41) is 4.51. The third-order valence-electron chi connectivity index (χ3n) is 3.75. The summed E-state index contributed by atoms with van der Waals surface area (Å²) in [6, 6.07) is 13.6. The summed E-state index contributed by atoms with van der Waals surface area (Å²) in [5.74, 6) is -0.108. The lowest BCUT2D eigenvalue weighted by molar-refractivity contribution is -0.145. The quantitative estimate of drug-likeness (QED) is 0.626. The molecule has 0 saturated carbocycles. The number of carbonyl (C=O) groups excluding carboxylic acids is 2. The number of carbonyl (C=O) groups is 2. The van der Waals surface area contributed by atoms with Crippen molar-refractivity contribution in [1.29, 1.82) is 0 Å². The maximum absolute atomic E-state index is 11.9. The van der Waals surface area contributed by atoms with Crippen molar-refractivity contribution < 1.29 is 18.8 Å². The van der Waals surface area contributed by atoms with E-state index < -0.39 is 5.91 Å². The average molecular weight is 386 g/mol. The molecule has 3 aromatic rings. The summed E-state index contributed by atoms with van der Waals surface area (Å²) in [7, 11) is 0. The molecule has 3 rings (SSSR count). The third-order valence-corrected chi connectivity index (χ3v) is 4.00.